The second kappa shape index (κ2) is 6.17. The number of carbonyl (C=O) groups excluding carboxylic acids is 1. The SMILES string of the molecule is CCCN(C=O)C(C)(C(=O)O)c1ccc(I)cc1. The number of carboxylic acids is 1. The Labute approximate surface area is 120 Å². The first-order chi connectivity index (χ1) is 8.46. The average molecular weight is 361 g/mol. The molecule has 98 valence electrons. The predicted octanol–water partition coefficient (Wildman–Crippen LogP) is 2.46. The zero-order chi connectivity index (χ0) is 13.8. The fourth-order valence-electron chi connectivity index (χ4n) is 1.81. The summed E-state index contributed by atoms with van der Waals surface area (Å²) in [5, 5.41) is 9.48. The van der Waals surface area contributed by atoms with Gasteiger partial charge in [-0.15, -0.1) is 0 Å². The summed E-state index contributed by atoms with van der Waals surface area (Å²) in [5.74, 6) is -1.02. The highest BCUT2D eigenvalue weighted by molar-refractivity contribution is 14.1. The lowest BCUT2D eigenvalue weighted by Crippen LogP contribution is -2.49. The van der Waals surface area contributed by atoms with Gasteiger partial charge in [-0.3, -0.25) is 4.79 Å². The molecule has 1 aromatic rings. The summed E-state index contributed by atoms with van der Waals surface area (Å²) in [7, 11) is 0. The molecule has 18 heavy (non-hydrogen) atoms. The van der Waals surface area contributed by atoms with Crippen LogP contribution < -0.4 is 0 Å². The number of halogens is 1. The number of rotatable bonds is 6. The molecular formula is C13H16INO3. The Morgan fingerprint density at radius 1 is 1.44 bits per heavy atom. The van der Waals surface area contributed by atoms with Crippen molar-refractivity contribution >= 4 is 35.0 Å². The fourth-order valence-corrected chi connectivity index (χ4v) is 2.17. The van der Waals surface area contributed by atoms with E-state index >= 15 is 0 Å². The van der Waals surface area contributed by atoms with E-state index in [4.69, 9.17) is 0 Å². The molecule has 5 heteroatoms. The van der Waals surface area contributed by atoms with Gasteiger partial charge < -0.3 is 10.0 Å². The number of nitrogens with zero attached hydrogens (tertiary/aromatic N) is 1. The van der Waals surface area contributed by atoms with Gasteiger partial charge in [0.1, 0.15) is 0 Å². The monoisotopic (exact) mass is 361 g/mol. The van der Waals surface area contributed by atoms with Gasteiger partial charge in [0.15, 0.2) is 5.54 Å². The topological polar surface area (TPSA) is 57.6 Å². The number of aliphatic carboxylic acids is 1. The van der Waals surface area contributed by atoms with Crippen molar-refractivity contribution in [1.29, 1.82) is 0 Å². The van der Waals surface area contributed by atoms with Crippen molar-refractivity contribution in [3.8, 4) is 0 Å². The van der Waals surface area contributed by atoms with E-state index in [0.717, 1.165) is 3.57 Å². The predicted molar refractivity (Wildman–Crippen MR) is 77.2 cm³/mol. The van der Waals surface area contributed by atoms with Gasteiger partial charge in [0.25, 0.3) is 0 Å². The number of carboxylic acid groups (broad SMARTS) is 1. The van der Waals surface area contributed by atoms with Crippen molar-refractivity contribution in [1.82, 2.24) is 4.90 Å². The molecule has 0 radical (unpaired) electrons. The van der Waals surface area contributed by atoms with Crippen LogP contribution in [0.5, 0.6) is 0 Å². The summed E-state index contributed by atoms with van der Waals surface area (Å²) in [6.45, 7) is 3.88. The summed E-state index contributed by atoms with van der Waals surface area (Å²) in [5.41, 5.74) is -0.710. The molecule has 0 aliphatic rings. The van der Waals surface area contributed by atoms with Gasteiger partial charge in [-0.2, -0.15) is 0 Å². The normalized spacial score (nSPS) is 13.7. The Bertz CT molecular complexity index is 432. The lowest BCUT2D eigenvalue weighted by Gasteiger charge is -2.35. The highest BCUT2D eigenvalue weighted by Gasteiger charge is 2.40. The maximum atomic E-state index is 11.6. The van der Waals surface area contributed by atoms with Gasteiger partial charge in [0, 0.05) is 10.1 Å². The lowest BCUT2D eigenvalue weighted by molar-refractivity contribution is -0.154. The largest absolute Gasteiger partial charge is 0.479 e. The van der Waals surface area contributed by atoms with Crippen LogP contribution in [0.15, 0.2) is 24.3 Å². The Morgan fingerprint density at radius 3 is 2.39 bits per heavy atom. The Balaban J connectivity index is 3.25. The van der Waals surface area contributed by atoms with Gasteiger partial charge >= 0.3 is 5.97 Å². The second-order valence-corrected chi connectivity index (χ2v) is 5.43. The van der Waals surface area contributed by atoms with Crippen LogP contribution in [0.2, 0.25) is 0 Å². The van der Waals surface area contributed by atoms with Crippen molar-refractivity contribution in [2.45, 2.75) is 25.8 Å². The highest BCUT2D eigenvalue weighted by atomic mass is 127. The number of amides is 1. The molecule has 1 N–H and O–H groups in total. The maximum Gasteiger partial charge on any atom is 0.334 e. The highest BCUT2D eigenvalue weighted by Crippen LogP contribution is 2.28. The van der Waals surface area contributed by atoms with E-state index in [1.165, 1.54) is 4.90 Å². The lowest BCUT2D eigenvalue weighted by atomic mass is 9.90. The van der Waals surface area contributed by atoms with Crippen molar-refractivity contribution < 1.29 is 14.7 Å². The number of hydrogen-bond donors (Lipinski definition) is 1. The Hall–Kier alpha value is -1.11. The molecule has 0 saturated carbocycles. The fraction of sp³-hybridized carbons (Fsp3) is 0.385. The summed E-state index contributed by atoms with van der Waals surface area (Å²) >= 11 is 2.15. The molecule has 4 nitrogen and oxygen atoms in total. The van der Waals surface area contributed by atoms with Crippen LogP contribution in [0.3, 0.4) is 0 Å². The van der Waals surface area contributed by atoms with Crippen LogP contribution in [-0.2, 0) is 15.1 Å². The summed E-state index contributed by atoms with van der Waals surface area (Å²) in [4.78, 5) is 24.1. The van der Waals surface area contributed by atoms with Crippen LogP contribution in [0.4, 0.5) is 0 Å². The van der Waals surface area contributed by atoms with Crippen LogP contribution >= 0.6 is 22.6 Å². The van der Waals surface area contributed by atoms with E-state index in [0.29, 0.717) is 24.9 Å². The van der Waals surface area contributed by atoms with Crippen molar-refractivity contribution in [3.05, 3.63) is 33.4 Å². The van der Waals surface area contributed by atoms with E-state index in [1.54, 1.807) is 19.1 Å². The molecule has 0 saturated heterocycles. The standard InChI is InChI=1S/C13H16INO3/c1-3-8-15(9-16)13(2,12(17)18)10-4-6-11(14)7-5-10/h4-7,9H,3,8H2,1-2H3,(H,17,18). The molecule has 1 unspecified atom stereocenters. The minimum Gasteiger partial charge on any atom is -0.479 e. The van der Waals surface area contributed by atoms with Gasteiger partial charge in [-0.05, 0) is 53.6 Å². The zero-order valence-corrected chi connectivity index (χ0v) is 12.5. The molecular weight excluding hydrogens is 345 g/mol. The number of carbonyl (C=O) groups is 2. The molecule has 1 rings (SSSR count). The Kier molecular flexibility index (Phi) is 5.13. The van der Waals surface area contributed by atoms with Crippen molar-refractivity contribution in [2.75, 3.05) is 6.54 Å². The van der Waals surface area contributed by atoms with Gasteiger partial charge in [-0.1, -0.05) is 19.1 Å². The quantitative estimate of drug-likeness (QED) is 0.626. The van der Waals surface area contributed by atoms with Crippen LogP contribution in [0.1, 0.15) is 25.8 Å². The number of benzene rings is 1. The van der Waals surface area contributed by atoms with E-state index < -0.39 is 11.5 Å². The van der Waals surface area contributed by atoms with E-state index in [1.807, 2.05) is 19.1 Å². The Morgan fingerprint density at radius 2 is 2.00 bits per heavy atom. The second-order valence-electron chi connectivity index (χ2n) is 4.18. The third-order valence-electron chi connectivity index (χ3n) is 2.99. The van der Waals surface area contributed by atoms with Gasteiger partial charge in [0.2, 0.25) is 6.41 Å². The zero-order valence-electron chi connectivity index (χ0n) is 10.4. The minimum absolute atomic E-state index is 0.415. The van der Waals surface area contributed by atoms with E-state index in [-0.39, 0.29) is 0 Å². The van der Waals surface area contributed by atoms with E-state index in [9.17, 15) is 14.7 Å². The van der Waals surface area contributed by atoms with Crippen molar-refractivity contribution in [2.24, 2.45) is 0 Å². The summed E-state index contributed by atoms with van der Waals surface area (Å²) in [6, 6.07) is 7.18. The summed E-state index contributed by atoms with van der Waals surface area (Å²) in [6.07, 6.45) is 1.32. The first-order valence-corrected chi connectivity index (χ1v) is 6.76. The molecule has 0 fully saturated rings. The third kappa shape index (κ3) is 2.82. The molecule has 1 atom stereocenters. The van der Waals surface area contributed by atoms with Crippen molar-refractivity contribution in [3.63, 3.8) is 0 Å². The van der Waals surface area contributed by atoms with Gasteiger partial charge in [-0.25, -0.2) is 4.79 Å². The average Bonchev–Trinajstić information content (AvgIpc) is 2.35. The van der Waals surface area contributed by atoms with Crippen LogP contribution in [0.25, 0.3) is 0 Å². The molecule has 1 amide bonds. The smallest absolute Gasteiger partial charge is 0.334 e. The molecule has 0 bridgehead atoms. The maximum absolute atomic E-state index is 11.6. The number of hydrogen-bond acceptors (Lipinski definition) is 2. The molecule has 0 aliphatic heterocycles. The summed E-state index contributed by atoms with van der Waals surface area (Å²) < 4.78 is 1.03. The first-order valence-electron chi connectivity index (χ1n) is 5.68. The molecule has 0 heterocycles. The van der Waals surface area contributed by atoms with E-state index in [2.05, 4.69) is 22.6 Å². The first kappa shape index (κ1) is 14.9. The molecule has 0 aromatic heterocycles. The molecule has 0 spiro atoms. The van der Waals surface area contributed by atoms with Crippen LogP contribution in [-0.4, -0.2) is 28.9 Å². The van der Waals surface area contributed by atoms with Gasteiger partial charge in [0.05, 0.1) is 0 Å². The third-order valence-corrected chi connectivity index (χ3v) is 3.71. The van der Waals surface area contributed by atoms with Crippen LogP contribution in [0, 0.1) is 3.57 Å². The molecule has 1 aromatic carbocycles. The minimum atomic E-state index is -1.32. The molecule has 0 aliphatic carbocycles.